The maximum Gasteiger partial charge on any atom is 0.331 e. The highest BCUT2D eigenvalue weighted by atomic mass is 16.4. The van der Waals surface area contributed by atoms with Crippen LogP contribution in [-0.4, -0.2) is 63.3 Å². The Morgan fingerprint density at radius 3 is 2.62 bits per heavy atom. The van der Waals surface area contributed by atoms with Gasteiger partial charge in [-0.05, 0) is 69.3 Å². The van der Waals surface area contributed by atoms with Crippen molar-refractivity contribution in [1.82, 2.24) is 14.9 Å². The number of amides is 1. The number of carboxylic acids is 1. The van der Waals surface area contributed by atoms with Crippen LogP contribution in [0.2, 0.25) is 0 Å². The number of nitrogens with one attached hydrogen (secondary N) is 1. The number of primary amides is 1. The van der Waals surface area contributed by atoms with E-state index in [9.17, 15) is 19.5 Å². The number of aryl methyl sites for hydroxylation is 2. The molecule has 1 amide bonds. The number of carboxylic acid groups (broad SMARTS) is 1. The van der Waals surface area contributed by atoms with Crippen LogP contribution in [0, 0.1) is 0 Å². The van der Waals surface area contributed by atoms with E-state index in [4.69, 9.17) is 10.7 Å². The molecule has 34 heavy (non-hydrogen) atoms. The zero-order valence-electron chi connectivity index (χ0n) is 19.2. The normalized spacial score (nSPS) is 18.7. The molecule has 1 saturated heterocycles. The fourth-order valence-electron chi connectivity index (χ4n) is 5.08. The summed E-state index contributed by atoms with van der Waals surface area (Å²) in [4.78, 5) is 49.9. The number of fused-ring (bicyclic) bond motifs is 1. The minimum absolute atomic E-state index is 0.0156. The maximum atomic E-state index is 14.0. The monoisotopic (exact) mass is 465 g/mol. The van der Waals surface area contributed by atoms with Gasteiger partial charge in [-0.25, -0.2) is 4.98 Å². The first-order valence-corrected chi connectivity index (χ1v) is 11.9. The molecule has 0 radical (unpaired) electrons. The molecule has 2 aliphatic rings. The van der Waals surface area contributed by atoms with Crippen LogP contribution in [0.5, 0.6) is 0 Å². The lowest BCUT2D eigenvalue weighted by Gasteiger charge is -2.37. The highest BCUT2D eigenvalue weighted by Crippen LogP contribution is 2.31. The maximum absolute atomic E-state index is 14.0. The number of nitrogens with zero attached hydrogens (tertiary/aromatic N) is 3. The Labute approximate surface area is 198 Å². The first-order valence-electron chi connectivity index (χ1n) is 11.9. The van der Waals surface area contributed by atoms with Gasteiger partial charge in [-0.15, -0.1) is 0 Å². The third kappa shape index (κ3) is 4.52. The Kier molecular flexibility index (Phi) is 7.21. The number of likely N-dealkylation sites (tertiary alicyclic amines) is 1. The quantitative estimate of drug-likeness (QED) is 0.476. The molecule has 2 atom stereocenters. The van der Waals surface area contributed by atoms with E-state index in [2.05, 4.69) is 16.4 Å². The van der Waals surface area contributed by atoms with Crippen LogP contribution in [0.4, 0.5) is 5.82 Å². The van der Waals surface area contributed by atoms with Gasteiger partial charge in [-0.3, -0.25) is 24.3 Å². The smallest absolute Gasteiger partial charge is 0.331 e. The summed E-state index contributed by atoms with van der Waals surface area (Å²) in [6.07, 6.45) is 8.44. The second kappa shape index (κ2) is 10.3. The minimum atomic E-state index is -2.50. The Bertz CT molecular complexity index is 1040. The largest absolute Gasteiger partial charge is 0.480 e. The van der Waals surface area contributed by atoms with E-state index in [-0.39, 0.29) is 5.56 Å². The van der Waals surface area contributed by atoms with Crippen molar-refractivity contribution in [3.05, 3.63) is 53.5 Å². The number of hydrogen-bond acceptors (Lipinski definition) is 7. The average Bonchev–Trinajstić information content (AvgIpc) is 2.85. The molecule has 1 unspecified atom stereocenters. The lowest BCUT2D eigenvalue weighted by atomic mass is 9.72. The van der Waals surface area contributed by atoms with Crippen LogP contribution in [0.25, 0.3) is 0 Å². The number of ketones is 1. The molecule has 4 N–H and O–H groups in total. The first kappa shape index (κ1) is 23.8. The van der Waals surface area contributed by atoms with Gasteiger partial charge in [0.2, 0.25) is 11.3 Å². The summed E-state index contributed by atoms with van der Waals surface area (Å²) in [6.45, 7) is 2.21. The van der Waals surface area contributed by atoms with Gasteiger partial charge in [-0.2, -0.15) is 0 Å². The number of aliphatic carboxylic acids is 1. The predicted molar refractivity (Wildman–Crippen MR) is 126 cm³/mol. The molecule has 2 aromatic rings. The molecule has 1 fully saturated rings. The highest BCUT2D eigenvalue weighted by molar-refractivity contribution is 6.28. The lowest BCUT2D eigenvalue weighted by molar-refractivity contribution is -0.155. The first-order chi connectivity index (χ1) is 16.4. The highest BCUT2D eigenvalue weighted by Gasteiger charge is 2.56. The second-order valence-electron chi connectivity index (χ2n) is 9.02. The number of carbonyl (C=O) groups is 3. The Morgan fingerprint density at radius 2 is 1.94 bits per heavy atom. The van der Waals surface area contributed by atoms with E-state index >= 15 is 0 Å². The SMILES string of the molecule is NC(=O)[C@@](C(=O)O)(C(=O)C(CCc1ccc2c(n1)NCCC2)N1CCCCC1)c1cccnc1. The Morgan fingerprint density at radius 1 is 1.15 bits per heavy atom. The van der Waals surface area contributed by atoms with Crippen molar-refractivity contribution in [3.63, 3.8) is 0 Å². The third-order valence-corrected chi connectivity index (χ3v) is 6.91. The van der Waals surface area contributed by atoms with Crippen LogP contribution in [0.15, 0.2) is 36.7 Å². The van der Waals surface area contributed by atoms with E-state index in [1.165, 1.54) is 30.1 Å². The van der Waals surface area contributed by atoms with Gasteiger partial charge in [-0.1, -0.05) is 18.6 Å². The Balaban J connectivity index is 1.67. The molecule has 2 aromatic heterocycles. The van der Waals surface area contributed by atoms with Gasteiger partial charge >= 0.3 is 5.97 Å². The van der Waals surface area contributed by atoms with Crippen molar-refractivity contribution in [2.75, 3.05) is 25.0 Å². The molecule has 180 valence electrons. The number of hydrogen-bond donors (Lipinski definition) is 3. The molecular weight excluding hydrogens is 434 g/mol. The molecule has 0 bridgehead atoms. The van der Waals surface area contributed by atoms with Gasteiger partial charge in [0.15, 0.2) is 5.78 Å². The number of anilines is 1. The van der Waals surface area contributed by atoms with E-state index in [1.807, 2.05) is 11.0 Å². The topological polar surface area (TPSA) is 139 Å². The number of nitrogens with two attached hydrogens (primary N) is 1. The summed E-state index contributed by atoms with van der Waals surface area (Å²) in [5, 5.41) is 13.5. The third-order valence-electron chi connectivity index (χ3n) is 6.91. The number of rotatable bonds is 9. The molecule has 9 heteroatoms. The van der Waals surface area contributed by atoms with E-state index in [1.54, 1.807) is 0 Å². The zero-order chi connectivity index (χ0) is 24.1. The molecule has 9 nitrogen and oxygen atoms in total. The van der Waals surface area contributed by atoms with E-state index in [0.29, 0.717) is 25.9 Å². The summed E-state index contributed by atoms with van der Waals surface area (Å²) in [6, 6.07) is 6.16. The predicted octanol–water partition coefficient (Wildman–Crippen LogP) is 1.70. The summed E-state index contributed by atoms with van der Waals surface area (Å²) in [7, 11) is 0. The number of carbonyl (C=O) groups excluding carboxylic acids is 2. The van der Waals surface area contributed by atoms with Crippen molar-refractivity contribution in [2.45, 2.75) is 56.4 Å². The Hall–Kier alpha value is -3.33. The molecule has 0 aliphatic carbocycles. The summed E-state index contributed by atoms with van der Waals surface area (Å²) in [5.74, 6) is -2.61. The molecule has 0 saturated carbocycles. The lowest BCUT2D eigenvalue weighted by Crippen LogP contribution is -2.61. The van der Waals surface area contributed by atoms with Crippen LogP contribution >= 0.6 is 0 Å². The van der Waals surface area contributed by atoms with Crippen LogP contribution in [0.3, 0.4) is 0 Å². The van der Waals surface area contributed by atoms with Gasteiger partial charge in [0.25, 0.3) is 0 Å². The van der Waals surface area contributed by atoms with Crippen molar-refractivity contribution >= 4 is 23.5 Å². The van der Waals surface area contributed by atoms with Gasteiger partial charge in [0, 0.05) is 30.2 Å². The summed E-state index contributed by atoms with van der Waals surface area (Å²) < 4.78 is 0. The number of pyridine rings is 2. The van der Waals surface area contributed by atoms with Crippen molar-refractivity contribution in [2.24, 2.45) is 5.73 Å². The molecule has 2 aliphatic heterocycles. The van der Waals surface area contributed by atoms with Gasteiger partial charge in [0.05, 0.1) is 6.04 Å². The van der Waals surface area contributed by atoms with Gasteiger partial charge < -0.3 is 16.2 Å². The fourth-order valence-corrected chi connectivity index (χ4v) is 5.08. The molecule has 4 rings (SSSR count). The van der Waals surface area contributed by atoms with Crippen molar-refractivity contribution in [3.8, 4) is 0 Å². The van der Waals surface area contributed by atoms with E-state index in [0.717, 1.165) is 50.2 Å². The van der Waals surface area contributed by atoms with Crippen molar-refractivity contribution < 1.29 is 19.5 Å². The van der Waals surface area contributed by atoms with Crippen LogP contribution < -0.4 is 11.1 Å². The van der Waals surface area contributed by atoms with Crippen molar-refractivity contribution in [1.29, 1.82) is 0 Å². The fraction of sp³-hybridized carbons (Fsp3) is 0.480. The average molecular weight is 466 g/mol. The molecular formula is C25H31N5O4. The molecule has 4 heterocycles. The standard InChI is InChI=1S/C25H31N5O4/c26-23(32)25(24(33)34,18-7-5-12-27-16-18)21(31)20(30-14-2-1-3-15-30)11-10-19-9-8-17-6-4-13-28-22(17)29-19/h5,7-9,12,16,20H,1-4,6,10-11,13-15H2,(H2,26,32)(H,28,29)(H,33,34)/t20?,25-/m0/s1. The molecule has 0 aromatic carbocycles. The summed E-state index contributed by atoms with van der Waals surface area (Å²) in [5.41, 5.74) is 5.13. The number of piperidine rings is 1. The second-order valence-corrected chi connectivity index (χ2v) is 9.02. The zero-order valence-corrected chi connectivity index (χ0v) is 19.2. The number of Topliss-reactive ketones (excluding diaryl/α,β-unsaturated/α-hetero) is 1. The molecule has 0 spiro atoms. The minimum Gasteiger partial charge on any atom is -0.480 e. The summed E-state index contributed by atoms with van der Waals surface area (Å²) >= 11 is 0. The van der Waals surface area contributed by atoms with Crippen LogP contribution in [-0.2, 0) is 32.6 Å². The number of aromatic nitrogens is 2. The van der Waals surface area contributed by atoms with E-state index < -0.39 is 29.1 Å². The van der Waals surface area contributed by atoms with Gasteiger partial charge in [0.1, 0.15) is 5.82 Å². The van der Waals surface area contributed by atoms with Crippen LogP contribution in [0.1, 0.15) is 48.9 Å².